The zero-order chi connectivity index (χ0) is 14.8. The molecule has 20 heavy (non-hydrogen) atoms. The highest BCUT2D eigenvalue weighted by molar-refractivity contribution is 7.89. The van der Waals surface area contributed by atoms with Crippen LogP contribution >= 0.6 is 11.3 Å². The Labute approximate surface area is 118 Å². The molecule has 108 valence electrons. The van der Waals surface area contributed by atoms with Crippen molar-refractivity contribution in [3.8, 4) is 0 Å². The second-order valence-electron chi connectivity index (χ2n) is 3.96. The topological polar surface area (TPSA) is 66.4 Å². The van der Waals surface area contributed by atoms with Crippen LogP contribution in [0.1, 0.15) is 11.0 Å². The van der Waals surface area contributed by atoms with Gasteiger partial charge in [0.1, 0.15) is 22.6 Å². The van der Waals surface area contributed by atoms with Gasteiger partial charge in [-0.2, -0.15) is 0 Å². The maximum Gasteiger partial charge on any atom is 0.243 e. The molecule has 1 atom stereocenters. The quantitative estimate of drug-likeness (QED) is 0.886. The summed E-state index contributed by atoms with van der Waals surface area (Å²) in [6.45, 7) is -0.321. The van der Waals surface area contributed by atoms with E-state index in [1.54, 1.807) is 17.5 Å². The number of rotatable bonds is 5. The van der Waals surface area contributed by atoms with E-state index < -0.39 is 32.7 Å². The highest BCUT2D eigenvalue weighted by Crippen LogP contribution is 2.20. The molecule has 1 aromatic heterocycles. The van der Waals surface area contributed by atoms with Gasteiger partial charge in [-0.05, 0) is 29.6 Å². The lowest BCUT2D eigenvalue weighted by Crippen LogP contribution is -2.29. The average Bonchev–Trinajstić information content (AvgIpc) is 2.93. The molecule has 0 radical (unpaired) electrons. The summed E-state index contributed by atoms with van der Waals surface area (Å²) < 4.78 is 52.2. The van der Waals surface area contributed by atoms with Crippen LogP contribution in [-0.4, -0.2) is 20.1 Å². The first-order chi connectivity index (χ1) is 9.40. The van der Waals surface area contributed by atoms with Crippen molar-refractivity contribution >= 4 is 21.4 Å². The van der Waals surface area contributed by atoms with Gasteiger partial charge in [0, 0.05) is 11.4 Å². The fourth-order valence-corrected chi connectivity index (χ4v) is 3.37. The van der Waals surface area contributed by atoms with Crippen LogP contribution in [-0.2, 0) is 10.0 Å². The zero-order valence-electron chi connectivity index (χ0n) is 10.1. The third-order valence-corrected chi connectivity index (χ3v) is 4.93. The molecular formula is C12H11F2NO3S2. The lowest BCUT2D eigenvalue weighted by atomic mass is 10.3. The van der Waals surface area contributed by atoms with Crippen LogP contribution < -0.4 is 4.72 Å². The molecule has 0 aliphatic carbocycles. The van der Waals surface area contributed by atoms with Crippen molar-refractivity contribution in [2.24, 2.45) is 0 Å². The van der Waals surface area contributed by atoms with Crippen LogP contribution in [0, 0.1) is 11.6 Å². The highest BCUT2D eigenvalue weighted by Gasteiger charge is 2.21. The van der Waals surface area contributed by atoms with Gasteiger partial charge in [-0.15, -0.1) is 11.3 Å². The van der Waals surface area contributed by atoms with Crippen molar-refractivity contribution in [3.63, 3.8) is 0 Å². The maximum atomic E-state index is 13.4. The van der Waals surface area contributed by atoms with Crippen LogP contribution in [0.2, 0.25) is 0 Å². The lowest BCUT2D eigenvalue weighted by molar-refractivity contribution is 0.185. The molecule has 0 aliphatic rings. The molecule has 0 unspecified atom stereocenters. The van der Waals surface area contributed by atoms with Crippen molar-refractivity contribution in [3.05, 3.63) is 52.2 Å². The Kier molecular flexibility index (Phi) is 4.48. The fourth-order valence-electron chi connectivity index (χ4n) is 1.53. The monoisotopic (exact) mass is 319 g/mol. The van der Waals surface area contributed by atoms with E-state index in [1.165, 1.54) is 11.3 Å². The number of halogens is 2. The SMILES string of the molecule is O=S(=O)(NC[C@@H](O)c1cccs1)c1cc(F)ccc1F. The van der Waals surface area contributed by atoms with E-state index in [0.29, 0.717) is 10.9 Å². The van der Waals surface area contributed by atoms with E-state index in [2.05, 4.69) is 4.72 Å². The van der Waals surface area contributed by atoms with Crippen LogP contribution in [0.3, 0.4) is 0 Å². The predicted octanol–water partition coefficient (Wildman–Crippen LogP) is 2.04. The molecule has 1 heterocycles. The minimum Gasteiger partial charge on any atom is -0.386 e. The normalized spacial score (nSPS) is 13.3. The van der Waals surface area contributed by atoms with E-state index in [1.807, 2.05) is 0 Å². The van der Waals surface area contributed by atoms with Gasteiger partial charge in [0.25, 0.3) is 0 Å². The van der Waals surface area contributed by atoms with Crippen LogP contribution in [0.25, 0.3) is 0 Å². The first-order valence-corrected chi connectivity index (χ1v) is 7.92. The number of hydrogen-bond donors (Lipinski definition) is 2. The van der Waals surface area contributed by atoms with Crippen molar-refractivity contribution < 1.29 is 22.3 Å². The zero-order valence-corrected chi connectivity index (χ0v) is 11.7. The molecule has 4 nitrogen and oxygen atoms in total. The number of thiophene rings is 1. The molecule has 0 amide bonds. The number of aliphatic hydroxyl groups is 1. The van der Waals surface area contributed by atoms with E-state index >= 15 is 0 Å². The molecule has 2 aromatic rings. The minimum absolute atomic E-state index is 0.321. The Morgan fingerprint density at radius 2 is 2.05 bits per heavy atom. The Bertz CT molecular complexity index is 687. The van der Waals surface area contributed by atoms with Crippen LogP contribution in [0.5, 0.6) is 0 Å². The van der Waals surface area contributed by atoms with Crippen molar-refractivity contribution in [1.29, 1.82) is 0 Å². The number of benzene rings is 1. The number of hydrogen-bond acceptors (Lipinski definition) is 4. The fraction of sp³-hybridized carbons (Fsp3) is 0.167. The molecule has 0 fully saturated rings. The summed E-state index contributed by atoms with van der Waals surface area (Å²) in [5, 5.41) is 11.5. The second kappa shape index (κ2) is 5.96. The van der Waals surface area contributed by atoms with Crippen LogP contribution in [0.15, 0.2) is 40.6 Å². The van der Waals surface area contributed by atoms with Crippen molar-refractivity contribution in [2.75, 3.05) is 6.54 Å². The van der Waals surface area contributed by atoms with Gasteiger partial charge in [0.2, 0.25) is 10.0 Å². The summed E-state index contributed by atoms with van der Waals surface area (Å²) in [7, 11) is -4.22. The summed E-state index contributed by atoms with van der Waals surface area (Å²) in [5.74, 6) is -1.91. The molecule has 0 aliphatic heterocycles. The van der Waals surface area contributed by atoms with E-state index in [-0.39, 0.29) is 6.54 Å². The third kappa shape index (κ3) is 3.40. The average molecular weight is 319 g/mol. The smallest absolute Gasteiger partial charge is 0.243 e. The van der Waals surface area contributed by atoms with E-state index in [0.717, 1.165) is 12.1 Å². The van der Waals surface area contributed by atoms with Gasteiger partial charge < -0.3 is 5.11 Å². The molecule has 8 heteroatoms. The van der Waals surface area contributed by atoms with E-state index in [9.17, 15) is 22.3 Å². The first kappa shape index (κ1) is 15.0. The molecule has 0 spiro atoms. The Morgan fingerprint density at radius 1 is 1.30 bits per heavy atom. The van der Waals surface area contributed by atoms with Gasteiger partial charge >= 0.3 is 0 Å². The molecule has 0 saturated heterocycles. The second-order valence-corrected chi connectivity index (χ2v) is 6.67. The van der Waals surface area contributed by atoms with Crippen LogP contribution in [0.4, 0.5) is 8.78 Å². The largest absolute Gasteiger partial charge is 0.386 e. The molecule has 1 aromatic carbocycles. The standard InChI is InChI=1S/C12H11F2NO3S2/c13-8-3-4-9(14)12(6-8)20(17,18)15-7-10(16)11-2-1-5-19-11/h1-6,10,15-16H,7H2/t10-/m1/s1. The van der Waals surface area contributed by atoms with Crippen molar-refractivity contribution in [2.45, 2.75) is 11.0 Å². The molecule has 0 bridgehead atoms. The van der Waals surface area contributed by atoms with Gasteiger partial charge in [0.05, 0.1) is 0 Å². The van der Waals surface area contributed by atoms with Gasteiger partial charge in [0.15, 0.2) is 0 Å². The predicted molar refractivity (Wildman–Crippen MR) is 70.8 cm³/mol. The lowest BCUT2D eigenvalue weighted by Gasteiger charge is -2.11. The first-order valence-electron chi connectivity index (χ1n) is 5.56. The van der Waals surface area contributed by atoms with Gasteiger partial charge in [-0.25, -0.2) is 21.9 Å². The highest BCUT2D eigenvalue weighted by atomic mass is 32.2. The molecular weight excluding hydrogens is 308 g/mol. The number of aliphatic hydroxyl groups excluding tert-OH is 1. The number of sulfonamides is 1. The Morgan fingerprint density at radius 3 is 2.70 bits per heavy atom. The van der Waals surface area contributed by atoms with Gasteiger partial charge in [-0.1, -0.05) is 6.07 Å². The Hall–Kier alpha value is -1.35. The molecule has 2 N–H and O–H groups in total. The maximum absolute atomic E-state index is 13.4. The molecule has 0 saturated carbocycles. The molecule has 2 rings (SSSR count). The van der Waals surface area contributed by atoms with Gasteiger partial charge in [-0.3, -0.25) is 0 Å². The van der Waals surface area contributed by atoms with E-state index in [4.69, 9.17) is 0 Å². The summed E-state index contributed by atoms with van der Waals surface area (Å²) in [4.78, 5) is -0.205. The third-order valence-electron chi connectivity index (χ3n) is 2.52. The summed E-state index contributed by atoms with van der Waals surface area (Å²) in [6.07, 6.45) is -1.04. The minimum atomic E-state index is -4.22. The number of nitrogens with one attached hydrogen (secondary N) is 1. The Balaban J connectivity index is 2.13. The van der Waals surface area contributed by atoms with Crippen molar-refractivity contribution in [1.82, 2.24) is 4.72 Å². The summed E-state index contributed by atoms with van der Waals surface area (Å²) in [6, 6.07) is 5.51. The summed E-state index contributed by atoms with van der Waals surface area (Å²) in [5.41, 5.74) is 0. The summed E-state index contributed by atoms with van der Waals surface area (Å²) >= 11 is 1.26.